The molecule has 2 aliphatic heterocycles. The number of ether oxygens (including phenoxy) is 2. The maximum Gasteiger partial charge on any atom is 0.128 e. The second-order valence-corrected chi connectivity index (χ2v) is 5.15. The standard InChI is InChI=1S/C14H17FO3/c1-8-2-5-12(17-8)14-7-11(16)10-4-3-9(15)6-13(10)18-14/h3-4,6,8,11-12,14,16H,2,5,7H2,1H3/t8?,11-,12?,14?/m0/s1. The zero-order valence-corrected chi connectivity index (χ0v) is 10.3. The maximum atomic E-state index is 13.2. The topological polar surface area (TPSA) is 38.7 Å². The van der Waals surface area contributed by atoms with Gasteiger partial charge in [0.25, 0.3) is 0 Å². The Morgan fingerprint density at radius 2 is 2.11 bits per heavy atom. The first kappa shape index (κ1) is 11.9. The lowest BCUT2D eigenvalue weighted by atomic mass is 9.95. The molecule has 1 N–H and O–H groups in total. The van der Waals surface area contributed by atoms with Gasteiger partial charge in [0.15, 0.2) is 0 Å². The predicted octanol–water partition coefficient (Wildman–Crippen LogP) is 2.58. The average molecular weight is 252 g/mol. The van der Waals surface area contributed by atoms with Crippen molar-refractivity contribution in [3.05, 3.63) is 29.6 Å². The van der Waals surface area contributed by atoms with Gasteiger partial charge in [0.2, 0.25) is 0 Å². The summed E-state index contributed by atoms with van der Waals surface area (Å²) in [5.41, 5.74) is 0.665. The van der Waals surface area contributed by atoms with E-state index in [9.17, 15) is 9.50 Å². The molecule has 98 valence electrons. The summed E-state index contributed by atoms with van der Waals surface area (Å²) in [7, 11) is 0. The van der Waals surface area contributed by atoms with Crippen LogP contribution in [0.1, 0.15) is 37.9 Å². The van der Waals surface area contributed by atoms with Crippen LogP contribution >= 0.6 is 0 Å². The van der Waals surface area contributed by atoms with E-state index < -0.39 is 6.10 Å². The molecule has 4 heteroatoms. The summed E-state index contributed by atoms with van der Waals surface area (Å²) in [5.74, 6) is 0.101. The monoisotopic (exact) mass is 252 g/mol. The summed E-state index contributed by atoms with van der Waals surface area (Å²) in [6.07, 6.45) is 1.92. The maximum absolute atomic E-state index is 13.2. The molecule has 0 saturated carbocycles. The third-order valence-corrected chi connectivity index (χ3v) is 3.75. The van der Waals surface area contributed by atoms with Crippen molar-refractivity contribution < 1.29 is 19.0 Å². The molecule has 3 nitrogen and oxygen atoms in total. The van der Waals surface area contributed by atoms with Gasteiger partial charge in [0, 0.05) is 18.1 Å². The Morgan fingerprint density at radius 1 is 1.28 bits per heavy atom. The zero-order valence-electron chi connectivity index (χ0n) is 10.3. The summed E-state index contributed by atoms with van der Waals surface area (Å²) in [5, 5.41) is 10.1. The lowest BCUT2D eigenvalue weighted by Gasteiger charge is -2.32. The first-order chi connectivity index (χ1) is 8.63. The minimum absolute atomic E-state index is 0.00562. The van der Waals surface area contributed by atoms with Crippen molar-refractivity contribution >= 4 is 0 Å². The summed E-state index contributed by atoms with van der Waals surface area (Å²) in [4.78, 5) is 0. The van der Waals surface area contributed by atoms with Crippen LogP contribution in [0.15, 0.2) is 18.2 Å². The van der Waals surface area contributed by atoms with Gasteiger partial charge in [-0.05, 0) is 31.9 Å². The molecule has 1 aromatic rings. The van der Waals surface area contributed by atoms with Crippen LogP contribution in [0.2, 0.25) is 0 Å². The van der Waals surface area contributed by atoms with Gasteiger partial charge in [-0.2, -0.15) is 0 Å². The Morgan fingerprint density at radius 3 is 2.83 bits per heavy atom. The highest BCUT2D eigenvalue weighted by molar-refractivity contribution is 5.37. The van der Waals surface area contributed by atoms with E-state index in [1.165, 1.54) is 12.1 Å². The SMILES string of the molecule is CC1CCC(C2C[C@H](O)c3ccc(F)cc3O2)O1. The number of aliphatic hydroxyl groups is 1. The lowest BCUT2D eigenvalue weighted by Crippen LogP contribution is -2.36. The highest BCUT2D eigenvalue weighted by atomic mass is 19.1. The summed E-state index contributed by atoms with van der Waals surface area (Å²) in [6, 6.07) is 4.27. The molecule has 0 amide bonds. The van der Waals surface area contributed by atoms with Gasteiger partial charge in [0.05, 0.1) is 18.3 Å². The van der Waals surface area contributed by atoms with E-state index in [-0.39, 0.29) is 24.1 Å². The van der Waals surface area contributed by atoms with E-state index in [0.717, 1.165) is 12.8 Å². The van der Waals surface area contributed by atoms with E-state index in [1.807, 2.05) is 6.92 Å². The van der Waals surface area contributed by atoms with E-state index >= 15 is 0 Å². The van der Waals surface area contributed by atoms with E-state index in [1.54, 1.807) is 6.07 Å². The van der Waals surface area contributed by atoms with Gasteiger partial charge in [0.1, 0.15) is 17.7 Å². The fourth-order valence-electron chi connectivity index (χ4n) is 2.78. The van der Waals surface area contributed by atoms with Crippen molar-refractivity contribution in [3.63, 3.8) is 0 Å². The summed E-state index contributed by atoms with van der Waals surface area (Å²) in [6.45, 7) is 2.03. The summed E-state index contributed by atoms with van der Waals surface area (Å²) < 4.78 is 24.8. The Kier molecular flexibility index (Phi) is 2.99. The van der Waals surface area contributed by atoms with Gasteiger partial charge in [-0.25, -0.2) is 4.39 Å². The Hall–Kier alpha value is -1.13. The predicted molar refractivity (Wildman–Crippen MR) is 64.0 cm³/mol. The van der Waals surface area contributed by atoms with Gasteiger partial charge >= 0.3 is 0 Å². The molecule has 18 heavy (non-hydrogen) atoms. The van der Waals surface area contributed by atoms with Crippen LogP contribution in [0.4, 0.5) is 4.39 Å². The molecule has 0 aliphatic carbocycles. The molecular formula is C14H17FO3. The first-order valence-corrected chi connectivity index (χ1v) is 6.43. The van der Waals surface area contributed by atoms with E-state index in [2.05, 4.69) is 0 Å². The number of benzene rings is 1. The third kappa shape index (κ3) is 2.10. The number of halogens is 1. The number of hydrogen-bond acceptors (Lipinski definition) is 3. The van der Waals surface area contributed by atoms with Gasteiger partial charge in [-0.15, -0.1) is 0 Å². The molecule has 0 aromatic heterocycles. The number of rotatable bonds is 1. The second kappa shape index (κ2) is 4.52. The molecule has 0 radical (unpaired) electrons. The van der Waals surface area contributed by atoms with Crippen molar-refractivity contribution in [2.24, 2.45) is 0 Å². The van der Waals surface area contributed by atoms with Gasteiger partial charge < -0.3 is 14.6 Å². The van der Waals surface area contributed by atoms with Crippen molar-refractivity contribution in [2.75, 3.05) is 0 Å². The molecule has 1 saturated heterocycles. The lowest BCUT2D eigenvalue weighted by molar-refractivity contribution is -0.0466. The highest BCUT2D eigenvalue weighted by Gasteiger charge is 2.36. The molecule has 0 spiro atoms. The quantitative estimate of drug-likeness (QED) is 0.835. The molecule has 3 unspecified atom stereocenters. The van der Waals surface area contributed by atoms with Crippen molar-refractivity contribution in [2.45, 2.75) is 50.6 Å². The minimum atomic E-state index is -0.598. The van der Waals surface area contributed by atoms with Crippen LogP contribution in [0.25, 0.3) is 0 Å². The largest absolute Gasteiger partial charge is 0.487 e. The fraction of sp³-hybridized carbons (Fsp3) is 0.571. The Bertz CT molecular complexity index is 449. The molecule has 3 rings (SSSR count). The van der Waals surface area contributed by atoms with Crippen LogP contribution < -0.4 is 4.74 Å². The molecular weight excluding hydrogens is 235 g/mol. The Balaban J connectivity index is 1.82. The zero-order chi connectivity index (χ0) is 12.7. The average Bonchev–Trinajstić information content (AvgIpc) is 2.75. The van der Waals surface area contributed by atoms with Crippen molar-refractivity contribution in [3.8, 4) is 5.75 Å². The van der Waals surface area contributed by atoms with Gasteiger partial charge in [-0.3, -0.25) is 0 Å². The van der Waals surface area contributed by atoms with Crippen molar-refractivity contribution in [1.82, 2.24) is 0 Å². The fourth-order valence-corrected chi connectivity index (χ4v) is 2.78. The molecule has 0 bridgehead atoms. The van der Waals surface area contributed by atoms with E-state index in [0.29, 0.717) is 17.7 Å². The highest BCUT2D eigenvalue weighted by Crippen LogP contribution is 2.38. The van der Waals surface area contributed by atoms with E-state index in [4.69, 9.17) is 9.47 Å². The van der Waals surface area contributed by atoms with Crippen LogP contribution in [0, 0.1) is 5.82 Å². The second-order valence-electron chi connectivity index (χ2n) is 5.15. The molecule has 4 atom stereocenters. The minimum Gasteiger partial charge on any atom is -0.487 e. The summed E-state index contributed by atoms with van der Waals surface area (Å²) >= 11 is 0. The van der Waals surface area contributed by atoms with Crippen LogP contribution in [0.5, 0.6) is 5.75 Å². The van der Waals surface area contributed by atoms with Crippen LogP contribution in [0.3, 0.4) is 0 Å². The normalized spacial score (nSPS) is 35.1. The third-order valence-electron chi connectivity index (χ3n) is 3.75. The number of hydrogen-bond donors (Lipinski definition) is 1. The number of aliphatic hydroxyl groups excluding tert-OH is 1. The first-order valence-electron chi connectivity index (χ1n) is 6.43. The van der Waals surface area contributed by atoms with Crippen LogP contribution in [-0.2, 0) is 4.74 Å². The van der Waals surface area contributed by atoms with Crippen molar-refractivity contribution in [1.29, 1.82) is 0 Å². The molecule has 2 heterocycles. The molecule has 2 aliphatic rings. The number of fused-ring (bicyclic) bond motifs is 1. The van der Waals surface area contributed by atoms with Crippen LogP contribution in [-0.4, -0.2) is 23.4 Å². The Labute approximate surface area is 106 Å². The van der Waals surface area contributed by atoms with Gasteiger partial charge in [-0.1, -0.05) is 0 Å². The smallest absolute Gasteiger partial charge is 0.128 e. The molecule has 1 fully saturated rings. The molecule has 1 aromatic carbocycles.